The van der Waals surface area contributed by atoms with Gasteiger partial charge in [-0.2, -0.15) is 0 Å². The van der Waals surface area contributed by atoms with Crippen LogP contribution < -0.4 is 16.2 Å². The molecule has 4 N–H and O–H groups in total. The van der Waals surface area contributed by atoms with Gasteiger partial charge in [0.25, 0.3) is 0 Å². The molecular formula is C26H36N2O. The summed E-state index contributed by atoms with van der Waals surface area (Å²) in [5, 5.41) is 0. The molecule has 2 fully saturated rings. The third kappa shape index (κ3) is 5.07. The Bertz CT molecular complexity index is 765. The lowest BCUT2D eigenvalue weighted by Gasteiger charge is -2.38. The predicted molar refractivity (Wildman–Crippen MR) is 122 cm³/mol. The van der Waals surface area contributed by atoms with E-state index in [1.807, 2.05) is 0 Å². The van der Waals surface area contributed by atoms with Gasteiger partial charge in [0, 0.05) is 23.5 Å². The van der Waals surface area contributed by atoms with Crippen molar-refractivity contribution in [2.24, 2.45) is 17.8 Å². The van der Waals surface area contributed by atoms with Gasteiger partial charge in [0.1, 0.15) is 11.5 Å². The Morgan fingerprint density at radius 3 is 1.83 bits per heavy atom. The van der Waals surface area contributed by atoms with Crippen LogP contribution in [-0.4, -0.2) is 0 Å². The third-order valence-corrected chi connectivity index (χ3v) is 7.45. The van der Waals surface area contributed by atoms with Gasteiger partial charge in [0.05, 0.1) is 0 Å². The zero-order valence-corrected chi connectivity index (χ0v) is 17.8. The van der Waals surface area contributed by atoms with Crippen molar-refractivity contribution >= 4 is 11.4 Å². The number of benzene rings is 2. The summed E-state index contributed by atoms with van der Waals surface area (Å²) in [6.45, 7) is 2.36. The van der Waals surface area contributed by atoms with Crippen LogP contribution in [0.2, 0.25) is 0 Å². The highest BCUT2D eigenvalue weighted by Crippen LogP contribution is 2.44. The molecule has 3 nitrogen and oxygen atoms in total. The summed E-state index contributed by atoms with van der Waals surface area (Å²) in [6.07, 6.45) is 12.8. The lowest BCUT2D eigenvalue weighted by molar-refractivity contribution is 0.158. The molecule has 0 unspecified atom stereocenters. The average molecular weight is 393 g/mol. The molecule has 29 heavy (non-hydrogen) atoms. The van der Waals surface area contributed by atoms with Crippen LogP contribution >= 0.6 is 0 Å². The van der Waals surface area contributed by atoms with Crippen molar-refractivity contribution in [2.75, 3.05) is 11.5 Å². The fraction of sp³-hybridized carbons (Fsp3) is 0.538. The van der Waals surface area contributed by atoms with Crippen molar-refractivity contribution in [3.63, 3.8) is 0 Å². The predicted octanol–water partition coefficient (Wildman–Crippen LogP) is 7.13. The van der Waals surface area contributed by atoms with Crippen LogP contribution in [0.25, 0.3) is 0 Å². The highest BCUT2D eigenvalue weighted by atomic mass is 16.5. The lowest BCUT2D eigenvalue weighted by Crippen LogP contribution is -2.25. The molecule has 2 aromatic carbocycles. The fourth-order valence-corrected chi connectivity index (χ4v) is 5.64. The Kier molecular flexibility index (Phi) is 6.32. The topological polar surface area (TPSA) is 61.3 Å². The highest BCUT2D eigenvalue weighted by Gasteiger charge is 2.30. The van der Waals surface area contributed by atoms with Gasteiger partial charge in [-0.15, -0.1) is 0 Å². The second-order valence-corrected chi connectivity index (χ2v) is 9.31. The maximum absolute atomic E-state index is 5.94. The van der Waals surface area contributed by atoms with E-state index in [0.717, 1.165) is 23.5 Å². The van der Waals surface area contributed by atoms with Crippen LogP contribution in [0, 0.1) is 17.8 Å². The van der Waals surface area contributed by atoms with E-state index in [9.17, 15) is 0 Å². The summed E-state index contributed by atoms with van der Waals surface area (Å²) in [6, 6.07) is 14.0. The monoisotopic (exact) mass is 392 g/mol. The van der Waals surface area contributed by atoms with Crippen molar-refractivity contribution < 1.29 is 4.74 Å². The summed E-state index contributed by atoms with van der Waals surface area (Å²) >= 11 is 0. The van der Waals surface area contributed by atoms with Crippen molar-refractivity contribution in [1.29, 1.82) is 0 Å². The van der Waals surface area contributed by atoms with Gasteiger partial charge in [-0.05, 0) is 86.0 Å². The standard InChI is InChI=1S/C26H36N2O/c1-2-18-3-5-19(6-4-18)20-7-9-21(10-8-20)22-11-13-25(14-12-22)29-26-16-23(27)15-24(28)17-26/h11-21H,2-10,27-28H2,1H3. The Morgan fingerprint density at radius 1 is 0.724 bits per heavy atom. The second-order valence-electron chi connectivity index (χ2n) is 9.31. The van der Waals surface area contributed by atoms with Crippen molar-refractivity contribution in [3.05, 3.63) is 48.0 Å². The third-order valence-electron chi connectivity index (χ3n) is 7.45. The molecule has 156 valence electrons. The minimum atomic E-state index is 0.622. The number of anilines is 2. The molecule has 2 aromatic rings. The van der Waals surface area contributed by atoms with Gasteiger partial charge < -0.3 is 16.2 Å². The zero-order valence-electron chi connectivity index (χ0n) is 17.8. The molecule has 0 radical (unpaired) electrons. The zero-order chi connectivity index (χ0) is 20.2. The Hall–Kier alpha value is -2.16. The molecule has 2 saturated carbocycles. The molecule has 0 atom stereocenters. The first kappa shape index (κ1) is 20.1. The van der Waals surface area contributed by atoms with E-state index in [0.29, 0.717) is 23.0 Å². The lowest BCUT2D eigenvalue weighted by atomic mass is 9.68. The maximum Gasteiger partial charge on any atom is 0.131 e. The molecule has 2 aliphatic rings. The molecular weight excluding hydrogens is 356 g/mol. The van der Waals surface area contributed by atoms with Gasteiger partial charge in [0.2, 0.25) is 0 Å². The van der Waals surface area contributed by atoms with Crippen LogP contribution in [0.15, 0.2) is 42.5 Å². The van der Waals surface area contributed by atoms with Gasteiger partial charge in [-0.3, -0.25) is 0 Å². The van der Waals surface area contributed by atoms with E-state index >= 15 is 0 Å². The Balaban J connectivity index is 1.30. The van der Waals surface area contributed by atoms with Crippen LogP contribution in [0.1, 0.15) is 76.2 Å². The SMILES string of the molecule is CCC1CCC(C2CCC(c3ccc(Oc4cc(N)cc(N)c4)cc3)CC2)CC1. The van der Waals surface area contributed by atoms with E-state index in [1.165, 1.54) is 63.4 Å². The van der Waals surface area contributed by atoms with Crippen LogP contribution in [-0.2, 0) is 0 Å². The largest absolute Gasteiger partial charge is 0.457 e. The average Bonchev–Trinajstić information content (AvgIpc) is 2.74. The van der Waals surface area contributed by atoms with E-state index in [-0.39, 0.29) is 0 Å². The van der Waals surface area contributed by atoms with Crippen molar-refractivity contribution in [1.82, 2.24) is 0 Å². The summed E-state index contributed by atoms with van der Waals surface area (Å²) in [7, 11) is 0. The van der Waals surface area contributed by atoms with Crippen LogP contribution in [0.5, 0.6) is 11.5 Å². The van der Waals surface area contributed by atoms with Crippen LogP contribution in [0.4, 0.5) is 11.4 Å². The molecule has 0 aromatic heterocycles. The number of hydrogen-bond donors (Lipinski definition) is 2. The number of nitrogen functional groups attached to an aromatic ring is 2. The minimum Gasteiger partial charge on any atom is -0.457 e. The highest BCUT2D eigenvalue weighted by molar-refractivity contribution is 5.57. The number of nitrogens with two attached hydrogens (primary N) is 2. The molecule has 2 aliphatic carbocycles. The molecule has 0 heterocycles. The van der Waals surface area contributed by atoms with Crippen LogP contribution in [0.3, 0.4) is 0 Å². The van der Waals surface area contributed by atoms with E-state index in [4.69, 9.17) is 16.2 Å². The minimum absolute atomic E-state index is 0.622. The first-order chi connectivity index (χ1) is 14.1. The molecule has 3 heteroatoms. The summed E-state index contributed by atoms with van der Waals surface area (Å²) < 4.78 is 5.94. The molecule has 0 bridgehead atoms. The first-order valence-corrected chi connectivity index (χ1v) is 11.5. The molecule has 0 amide bonds. The number of hydrogen-bond acceptors (Lipinski definition) is 3. The number of ether oxygens (including phenoxy) is 1. The normalized spacial score (nSPS) is 27.5. The fourth-order valence-electron chi connectivity index (χ4n) is 5.64. The summed E-state index contributed by atoms with van der Waals surface area (Å²) in [4.78, 5) is 0. The van der Waals surface area contributed by atoms with E-state index < -0.39 is 0 Å². The first-order valence-electron chi connectivity index (χ1n) is 11.5. The van der Waals surface area contributed by atoms with E-state index in [1.54, 1.807) is 18.2 Å². The summed E-state index contributed by atoms with van der Waals surface area (Å²) in [5.41, 5.74) is 14.4. The van der Waals surface area contributed by atoms with Gasteiger partial charge in [-0.25, -0.2) is 0 Å². The molecule has 0 saturated heterocycles. The Morgan fingerprint density at radius 2 is 1.28 bits per heavy atom. The van der Waals surface area contributed by atoms with Crippen molar-refractivity contribution in [3.8, 4) is 11.5 Å². The van der Waals surface area contributed by atoms with E-state index in [2.05, 4.69) is 31.2 Å². The quantitative estimate of drug-likeness (QED) is 0.532. The van der Waals surface area contributed by atoms with Crippen molar-refractivity contribution in [2.45, 2.75) is 70.6 Å². The number of rotatable bonds is 5. The Labute approximate surface area is 175 Å². The second kappa shape index (κ2) is 9.11. The molecule has 4 rings (SSSR count). The smallest absolute Gasteiger partial charge is 0.131 e. The molecule has 0 spiro atoms. The summed E-state index contributed by atoms with van der Waals surface area (Å²) in [5.74, 6) is 5.21. The van der Waals surface area contributed by atoms with Gasteiger partial charge in [-0.1, -0.05) is 38.3 Å². The van der Waals surface area contributed by atoms with Gasteiger partial charge >= 0.3 is 0 Å². The van der Waals surface area contributed by atoms with Gasteiger partial charge in [0.15, 0.2) is 0 Å². The maximum atomic E-state index is 5.94. The molecule has 0 aliphatic heterocycles.